The van der Waals surface area contributed by atoms with Crippen molar-refractivity contribution in [2.45, 2.75) is 63.8 Å². The summed E-state index contributed by atoms with van der Waals surface area (Å²) in [5, 5.41) is 21.8. The average molecular weight is 479 g/mol. The zero-order valence-electron chi connectivity index (χ0n) is 19.1. The van der Waals surface area contributed by atoms with E-state index in [2.05, 4.69) is 20.4 Å². The first-order valence-corrected chi connectivity index (χ1v) is 11.6. The van der Waals surface area contributed by atoms with Crippen molar-refractivity contribution in [1.82, 2.24) is 15.1 Å². The van der Waals surface area contributed by atoms with Crippen LogP contribution < -0.4 is 5.32 Å². The van der Waals surface area contributed by atoms with Crippen LogP contribution in [0.25, 0.3) is 11.3 Å². The number of aromatic nitrogens is 2. The molecule has 1 saturated carbocycles. The van der Waals surface area contributed by atoms with Crippen molar-refractivity contribution in [1.29, 1.82) is 0 Å². The minimum atomic E-state index is -4.53. The molecule has 1 aromatic heterocycles. The number of benzene rings is 1. The minimum Gasteiger partial charge on any atom is -0.507 e. The van der Waals surface area contributed by atoms with Crippen molar-refractivity contribution in [3.8, 4) is 17.0 Å². The largest absolute Gasteiger partial charge is 0.507 e. The Balaban J connectivity index is 1.34. The van der Waals surface area contributed by atoms with Crippen molar-refractivity contribution in [3.63, 3.8) is 0 Å². The molecule has 184 valence electrons. The summed E-state index contributed by atoms with van der Waals surface area (Å²) in [6.45, 7) is 4.11. The Morgan fingerprint density at radius 2 is 2.00 bits per heavy atom. The standard InChI is InChI=1S/C24H29F3N4O3/c1-15-12-21(29-30-23(15)19-8-7-16(13-20(19)32)24(25,26)27)28-17-4-3-10-31(14-17)11-9-22(33)34-18-5-2-6-18/h7-8,12-13,17-18,32H,2-6,9-11,14H2,1H3,(H,28,29)/t17-/m1/s1. The summed E-state index contributed by atoms with van der Waals surface area (Å²) >= 11 is 0. The molecular formula is C24H29F3N4O3. The molecule has 2 fully saturated rings. The number of ether oxygens (including phenoxy) is 1. The molecule has 2 N–H and O–H groups in total. The number of aryl methyl sites for hydroxylation is 1. The van der Waals surface area contributed by atoms with Crippen LogP contribution in [0.3, 0.4) is 0 Å². The summed E-state index contributed by atoms with van der Waals surface area (Å²) < 4.78 is 44.0. The Labute approximate surface area is 196 Å². The fraction of sp³-hybridized carbons (Fsp3) is 0.542. The van der Waals surface area contributed by atoms with Crippen molar-refractivity contribution < 1.29 is 27.8 Å². The van der Waals surface area contributed by atoms with E-state index in [-0.39, 0.29) is 23.7 Å². The Morgan fingerprint density at radius 1 is 1.21 bits per heavy atom. The number of nitrogens with one attached hydrogen (secondary N) is 1. The van der Waals surface area contributed by atoms with Gasteiger partial charge in [-0.05, 0) is 75.4 Å². The first-order valence-electron chi connectivity index (χ1n) is 11.6. The van der Waals surface area contributed by atoms with Gasteiger partial charge in [0, 0.05) is 24.7 Å². The van der Waals surface area contributed by atoms with Crippen LogP contribution in [0.2, 0.25) is 0 Å². The van der Waals surface area contributed by atoms with Gasteiger partial charge in [-0.3, -0.25) is 4.79 Å². The van der Waals surface area contributed by atoms with Gasteiger partial charge in [0.1, 0.15) is 17.7 Å². The molecule has 1 aliphatic heterocycles. The molecule has 2 aliphatic rings. The van der Waals surface area contributed by atoms with Crippen LogP contribution in [0.1, 0.15) is 49.7 Å². The van der Waals surface area contributed by atoms with Gasteiger partial charge in [0.25, 0.3) is 0 Å². The Morgan fingerprint density at radius 3 is 2.65 bits per heavy atom. The number of hydrogen-bond donors (Lipinski definition) is 2. The number of hydrogen-bond acceptors (Lipinski definition) is 7. The Bertz CT molecular complexity index is 1030. The topological polar surface area (TPSA) is 87.6 Å². The molecule has 0 spiro atoms. The first kappa shape index (κ1) is 24.3. The van der Waals surface area contributed by atoms with Crippen LogP contribution in [-0.2, 0) is 15.7 Å². The van der Waals surface area contributed by atoms with E-state index in [0.29, 0.717) is 36.1 Å². The van der Waals surface area contributed by atoms with Crippen molar-refractivity contribution >= 4 is 11.8 Å². The number of carbonyl (C=O) groups excluding carboxylic acids is 1. The van der Waals surface area contributed by atoms with Gasteiger partial charge in [0.15, 0.2) is 0 Å². The maximum absolute atomic E-state index is 12.9. The van der Waals surface area contributed by atoms with Crippen molar-refractivity contribution in [2.24, 2.45) is 0 Å². The zero-order valence-corrected chi connectivity index (χ0v) is 19.1. The van der Waals surface area contributed by atoms with E-state index in [0.717, 1.165) is 51.3 Å². The molecule has 1 saturated heterocycles. The number of phenols is 1. The van der Waals surface area contributed by atoms with E-state index < -0.39 is 17.5 Å². The molecule has 0 unspecified atom stereocenters. The van der Waals surface area contributed by atoms with E-state index in [1.165, 1.54) is 6.07 Å². The van der Waals surface area contributed by atoms with Gasteiger partial charge in [-0.2, -0.15) is 13.2 Å². The van der Waals surface area contributed by atoms with E-state index in [9.17, 15) is 23.1 Å². The smallest absolute Gasteiger partial charge is 0.416 e. The van der Waals surface area contributed by atoms with Gasteiger partial charge < -0.3 is 20.1 Å². The van der Waals surface area contributed by atoms with Crippen LogP contribution in [0, 0.1) is 6.92 Å². The second kappa shape index (κ2) is 10.2. The number of esters is 1. The number of likely N-dealkylation sites (tertiary alicyclic amines) is 1. The van der Waals surface area contributed by atoms with Crippen molar-refractivity contribution in [3.05, 3.63) is 35.4 Å². The summed E-state index contributed by atoms with van der Waals surface area (Å²) in [4.78, 5) is 14.2. The highest BCUT2D eigenvalue weighted by atomic mass is 19.4. The Kier molecular flexibility index (Phi) is 7.25. The summed E-state index contributed by atoms with van der Waals surface area (Å²) in [7, 11) is 0. The number of alkyl halides is 3. The van der Waals surface area contributed by atoms with Crippen LogP contribution in [0.15, 0.2) is 24.3 Å². The van der Waals surface area contributed by atoms with Gasteiger partial charge in [0.05, 0.1) is 17.7 Å². The summed E-state index contributed by atoms with van der Waals surface area (Å²) in [5.74, 6) is -0.0704. The second-order valence-electron chi connectivity index (χ2n) is 9.07. The predicted molar refractivity (Wildman–Crippen MR) is 120 cm³/mol. The number of piperidine rings is 1. The van der Waals surface area contributed by atoms with Crippen LogP contribution >= 0.6 is 0 Å². The third-order valence-electron chi connectivity index (χ3n) is 6.40. The molecule has 2 aromatic rings. The lowest BCUT2D eigenvalue weighted by molar-refractivity contribution is -0.153. The van der Waals surface area contributed by atoms with Gasteiger partial charge >= 0.3 is 12.1 Å². The Hall–Kier alpha value is -2.88. The van der Waals surface area contributed by atoms with Crippen LogP contribution in [0.5, 0.6) is 5.75 Å². The molecule has 0 bridgehead atoms. The summed E-state index contributed by atoms with van der Waals surface area (Å²) in [5.41, 5.74) is 0.281. The lowest BCUT2D eigenvalue weighted by Crippen LogP contribution is -2.43. The second-order valence-corrected chi connectivity index (χ2v) is 9.07. The molecule has 1 aromatic carbocycles. The van der Waals surface area contributed by atoms with E-state index >= 15 is 0 Å². The van der Waals surface area contributed by atoms with Gasteiger partial charge in [-0.15, -0.1) is 10.2 Å². The molecule has 4 rings (SSSR count). The third kappa shape index (κ3) is 5.97. The SMILES string of the molecule is Cc1cc(N[C@@H]2CCCN(CCC(=O)OC3CCC3)C2)nnc1-c1ccc(C(F)(F)F)cc1O. The van der Waals surface area contributed by atoms with Crippen LogP contribution in [-0.4, -0.2) is 58.0 Å². The van der Waals surface area contributed by atoms with Crippen molar-refractivity contribution in [2.75, 3.05) is 25.0 Å². The van der Waals surface area contributed by atoms with E-state index in [1.54, 1.807) is 13.0 Å². The molecule has 34 heavy (non-hydrogen) atoms. The maximum atomic E-state index is 12.9. The average Bonchev–Trinajstić information content (AvgIpc) is 2.75. The summed E-state index contributed by atoms with van der Waals surface area (Å²) in [6, 6.07) is 4.73. The summed E-state index contributed by atoms with van der Waals surface area (Å²) in [6.07, 6.45) is 0.968. The maximum Gasteiger partial charge on any atom is 0.416 e. The molecular weight excluding hydrogens is 449 g/mol. The predicted octanol–water partition coefficient (Wildman–Crippen LogP) is 4.54. The molecule has 0 amide bonds. The number of anilines is 1. The molecule has 10 heteroatoms. The quantitative estimate of drug-likeness (QED) is 0.565. The number of rotatable bonds is 7. The third-order valence-corrected chi connectivity index (χ3v) is 6.40. The fourth-order valence-electron chi connectivity index (χ4n) is 4.30. The lowest BCUT2D eigenvalue weighted by atomic mass is 9.96. The number of nitrogens with zero attached hydrogens (tertiary/aromatic N) is 3. The highest BCUT2D eigenvalue weighted by Gasteiger charge is 2.31. The normalized spacial score (nSPS) is 19.5. The molecule has 1 aliphatic carbocycles. The van der Waals surface area contributed by atoms with Gasteiger partial charge in [-0.1, -0.05) is 0 Å². The van der Waals surface area contributed by atoms with E-state index in [1.807, 2.05) is 0 Å². The molecule has 1 atom stereocenters. The first-order chi connectivity index (χ1) is 16.2. The van der Waals surface area contributed by atoms with Gasteiger partial charge in [0.2, 0.25) is 0 Å². The number of carbonyl (C=O) groups is 1. The molecule has 2 heterocycles. The number of halogens is 3. The zero-order chi connectivity index (χ0) is 24.3. The highest BCUT2D eigenvalue weighted by molar-refractivity contribution is 5.71. The molecule has 7 nitrogen and oxygen atoms in total. The van der Waals surface area contributed by atoms with Crippen LogP contribution in [0.4, 0.5) is 19.0 Å². The van der Waals surface area contributed by atoms with E-state index in [4.69, 9.17) is 4.74 Å². The molecule has 0 radical (unpaired) electrons. The highest BCUT2D eigenvalue weighted by Crippen LogP contribution is 2.37. The monoisotopic (exact) mass is 478 g/mol. The minimum absolute atomic E-state index is 0.109. The fourth-order valence-corrected chi connectivity index (χ4v) is 4.30. The van der Waals surface area contributed by atoms with Gasteiger partial charge in [-0.25, -0.2) is 0 Å². The number of aromatic hydroxyl groups is 1. The lowest BCUT2D eigenvalue weighted by Gasteiger charge is -2.33. The number of phenolic OH excluding ortho intramolecular Hbond substituents is 1.